The van der Waals surface area contributed by atoms with Crippen molar-refractivity contribution in [2.24, 2.45) is 0 Å². The predicted octanol–water partition coefficient (Wildman–Crippen LogP) is 2.61. The molecule has 11 heavy (non-hydrogen) atoms. The maximum atomic E-state index is 4.81. The van der Waals surface area contributed by atoms with E-state index in [1.807, 2.05) is 6.07 Å². The average Bonchev–Trinajstić information content (AvgIpc) is 1.99. The van der Waals surface area contributed by atoms with Crippen molar-refractivity contribution in [1.82, 2.24) is 0 Å². The molecule has 0 saturated carbocycles. The number of aryl methyl sites for hydroxylation is 1. The Morgan fingerprint density at radius 2 is 2.09 bits per heavy atom. The zero-order chi connectivity index (χ0) is 8.27. The van der Waals surface area contributed by atoms with Gasteiger partial charge in [-0.1, -0.05) is 18.2 Å². The van der Waals surface area contributed by atoms with Gasteiger partial charge in [0.25, 0.3) is 0 Å². The molecular formula is C10H13O. The molecule has 0 bridgehead atoms. The van der Waals surface area contributed by atoms with Crippen LogP contribution in [0.4, 0.5) is 0 Å². The van der Waals surface area contributed by atoms with E-state index in [9.17, 15) is 0 Å². The van der Waals surface area contributed by atoms with Crippen molar-refractivity contribution in [3.8, 4) is 0 Å². The van der Waals surface area contributed by atoms with Gasteiger partial charge in [-0.3, -0.25) is 0 Å². The molecule has 0 N–H and O–H groups in total. The molecular weight excluding hydrogens is 136 g/mol. The molecule has 0 spiro atoms. The number of rotatable bonds is 2. The molecule has 59 valence electrons. The lowest BCUT2D eigenvalue weighted by Gasteiger charge is -2.06. The third-order valence-corrected chi connectivity index (χ3v) is 1.97. The summed E-state index contributed by atoms with van der Waals surface area (Å²) in [7, 11) is 3.35. The number of hydrogen-bond acceptors (Lipinski definition) is 1. The fourth-order valence-corrected chi connectivity index (χ4v) is 1.08. The highest BCUT2D eigenvalue weighted by Crippen LogP contribution is 2.12. The lowest BCUT2D eigenvalue weighted by molar-refractivity contribution is 0.228. The molecule has 1 rings (SSSR count). The van der Waals surface area contributed by atoms with Crippen LogP contribution in [0.2, 0.25) is 0 Å². The first-order valence-electron chi connectivity index (χ1n) is 3.67. The molecule has 1 heteroatoms. The highest BCUT2D eigenvalue weighted by atomic mass is 16.5. The summed E-state index contributed by atoms with van der Waals surface area (Å²) in [6, 6.07) is 6.20. The largest absolute Gasteiger partial charge is 0.374 e. The second-order valence-corrected chi connectivity index (χ2v) is 2.71. The molecule has 0 fully saturated rings. The minimum Gasteiger partial charge on any atom is -0.374 e. The molecule has 1 aromatic carbocycles. The molecule has 0 aromatic heterocycles. The Morgan fingerprint density at radius 3 is 2.73 bits per heavy atom. The first kappa shape index (κ1) is 8.28. The van der Waals surface area contributed by atoms with Crippen LogP contribution in [-0.2, 0) is 11.3 Å². The van der Waals surface area contributed by atoms with Gasteiger partial charge in [-0.15, -0.1) is 0 Å². The van der Waals surface area contributed by atoms with Crippen LogP contribution in [0.3, 0.4) is 0 Å². The van der Waals surface area contributed by atoms with Crippen LogP contribution < -0.4 is 0 Å². The van der Waals surface area contributed by atoms with Crippen molar-refractivity contribution in [3.63, 3.8) is 0 Å². The Bertz CT molecular complexity index is 241. The standard InChI is InChI=1S/C10H13O/c1-8-5-4-6-10(7-11-3)9(8)2/h4-6H,3,7H2,1-2H3. The molecule has 0 aliphatic carbocycles. The Kier molecular flexibility index (Phi) is 2.66. The second-order valence-electron chi connectivity index (χ2n) is 2.71. The Morgan fingerprint density at radius 1 is 1.36 bits per heavy atom. The number of benzene rings is 1. The highest BCUT2D eigenvalue weighted by Gasteiger charge is 1.98. The molecule has 0 amide bonds. The molecule has 0 aliphatic heterocycles. The minimum absolute atomic E-state index is 0.605. The fraction of sp³-hybridized carbons (Fsp3) is 0.300. The van der Waals surface area contributed by atoms with Gasteiger partial charge >= 0.3 is 0 Å². The minimum atomic E-state index is 0.605. The van der Waals surface area contributed by atoms with E-state index in [4.69, 9.17) is 4.74 Å². The molecule has 0 saturated heterocycles. The summed E-state index contributed by atoms with van der Waals surface area (Å²) in [5.74, 6) is 0. The summed E-state index contributed by atoms with van der Waals surface area (Å²) in [6.45, 7) is 4.80. The van der Waals surface area contributed by atoms with Crippen LogP contribution in [0.5, 0.6) is 0 Å². The van der Waals surface area contributed by atoms with E-state index in [1.165, 1.54) is 16.7 Å². The van der Waals surface area contributed by atoms with Gasteiger partial charge in [-0.2, -0.15) is 0 Å². The Balaban J connectivity index is 2.96. The van der Waals surface area contributed by atoms with Crippen LogP contribution in [0.1, 0.15) is 16.7 Å². The third kappa shape index (κ3) is 1.81. The maximum Gasteiger partial charge on any atom is 0.0720 e. The van der Waals surface area contributed by atoms with Crippen LogP contribution in [0.25, 0.3) is 0 Å². The van der Waals surface area contributed by atoms with Crippen molar-refractivity contribution in [2.45, 2.75) is 20.5 Å². The molecule has 0 heterocycles. The molecule has 0 aliphatic rings. The summed E-state index contributed by atoms with van der Waals surface area (Å²) >= 11 is 0. The summed E-state index contributed by atoms with van der Waals surface area (Å²) < 4.78 is 4.81. The van der Waals surface area contributed by atoms with E-state index in [2.05, 4.69) is 33.1 Å². The first-order chi connectivity index (χ1) is 5.25. The molecule has 0 atom stereocenters. The zero-order valence-electron chi connectivity index (χ0n) is 7.05. The molecule has 1 aromatic rings. The average molecular weight is 149 g/mol. The van der Waals surface area contributed by atoms with Crippen molar-refractivity contribution in [1.29, 1.82) is 0 Å². The van der Waals surface area contributed by atoms with Crippen molar-refractivity contribution in [3.05, 3.63) is 42.0 Å². The SMILES string of the molecule is [CH2]OCc1cccc(C)c1C. The summed E-state index contributed by atoms with van der Waals surface area (Å²) in [6.07, 6.45) is 0. The summed E-state index contributed by atoms with van der Waals surface area (Å²) in [5, 5.41) is 0. The van der Waals surface area contributed by atoms with Gasteiger partial charge in [-0.05, 0) is 30.5 Å². The van der Waals surface area contributed by atoms with Gasteiger partial charge in [0.1, 0.15) is 0 Å². The normalized spacial score (nSPS) is 10.1. The van der Waals surface area contributed by atoms with Crippen molar-refractivity contribution in [2.75, 3.05) is 0 Å². The topological polar surface area (TPSA) is 9.23 Å². The summed E-state index contributed by atoms with van der Waals surface area (Å²) in [4.78, 5) is 0. The van der Waals surface area contributed by atoms with E-state index >= 15 is 0 Å². The number of hydrogen-bond donors (Lipinski definition) is 0. The van der Waals surface area contributed by atoms with E-state index in [-0.39, 0.29) is 0 Å². The first-order valence-corrected chi connectivity index (χ1v) is 3.67. The monoisotopic (exact) mass is 149 g/mol. The zero-order valence-corrected chi connectivity index (χ0v) is 7.05. The van der Waals surface area contributed by atoms with Crippen LogP contribution in [-0.4, -0.2) is 0 Å². The van der Waals surface area contributed by atoms with E-state index in [1.54, 1.807) is 0 Å². The van der Waals surface area contributed by atoms with Gasteiger partial charge in [0.15, 0.2) is 0 Å². The predicted molar refractivity (Wildman–Crippen MR) is 46.1 cm³/mol. The maximum absolute atomic E-state index is 4.81. The highest BCUT2D eigenvalue weighted by molar-refractivity contribution is 5.32. The van der Waals surface area contributed by atoms with Crippen molar-refractivity contribution >= 4 is 0 Å². The smallest absolute Gasteiger partial charge is 0.0720 e. The lowest BCUT2D eigenvalue weighted by atomic mass is 10.0. The third-order valence-electron chi connectivity index (χ3n) is 1.97. The quantitative estimate of drug-likeness (QED) is 0.628. The van der Waals surface area contributed by atoms with Crippen LogP contribution >= 0.6 is 0 Å². The van der Waals surface area contributed by atoms with Crippen molar-refractivity contribution < 1.29 is 4.74 Å². The Labute approximate surface area is 68.0 Å². The van der Waals surface area contributed by atoms with E-state index < -0.39 is 0 Å². The van der Waals surface area contributed by atoms with Gasteiger partial charge in [0, 0.05) is 0 Å². The summed E-state index contributed by atoms with van der Waals surface area (Å²) in [5.41, 5.74) is 3.83. The lowest BCUT2D eigenvalue weighted by Crippen LogP contribution is -1.92. The molecule has 1 radical (unpaired) electrons. The van der Waals surface area contributed by atoms with Gasteiger partial charge < -0.3 is 4.74 Å². The van der Waals surface area contributed by atoms with Gasteiger partial charge in [-0.25, -0.2) is 0 Å². The van der Waals surface area contributed by atoms with Gasteiger partial charge in [0.2, 0.25) is 0 Å². The molecule has 0 unspecified atom stereocenters. The van der Waals surface area contributed by atoms with E-state index in [0.29, 0.717) is 6.61 Å². The van der Waals surface area contributed by atoms with Crippen LogP contribution in [0.15, 0.2) is 18.2 Å². The number of ether oxygens (including phenoxy) is 1. The Hall–Kier alpha value is -0.820. The second kappa shape index (κ2) is 3.54. The van der Waals surface area contributed by atoms with Crippen LogP contribution in [0, 0.1) is 21.0 Å². The van der Waals surface area contributed by atoms with Gasteiger partial charge in [0.05, 0.1) is 13.7 Å². The fourth-order valence-electron chi connectivity index (χ4n) is 1.08. The van der Waals surface area contributed by atoms with E-state index in [0.717, 1.165) is 0 Å². The molecule has 1 nitrogen and oxygen atoms in total.